The first-order chi connectivity index (χ1) is 7.86. The molecular weight excluding hydrogens is 202 g/mol. The van der Waals surface area contributed by atoms with Gasteiger partial charge >= 0.3 is 0 Å². The van der Waals surface area contributed by atoms with Crippen molar-refractivity contribution in [2.24, 2.45) is 11.8 Å². The van der Waals surface area contributed by atoms with Gasteiger partial charge in [-0.25, -0.2) is 4.98 Å². The molecule has 0 spiro atoms. The number of aromatic nitrogens is 1. The van der Waals surface area contributed by atoms with Crippen molar-refractivity contribution >= 4 is 5.82 Å². The van der Waals surface area contributed by atoms with Crippen molar-refractivity contribution in [2.45, 2.75) is 0 Å². The van der Waals surface area contributed by atoms with Crippen LogP contribution in [-0.2, 0) is 0 Å². The molecule has 0 amide bonds. The van der Waals surface area contributed by atoms with Crippen LogP contribution >= 0.6 is 0 Å². The monoisotopic (exact) mass is 219 g/mol. The first-order valence-electron chi connectivity index (χ1n) is 5.82. The second-order valence-corrected chi connectivity index (χ2v) is 4.64. The highest BCUT2D eigenvalue weighted by atomic mass is 16.5. The maximum atomic E-state index is 5.12. The lowest BCUT2D eigenvalue weighted by Gasteiger charge is -2.18. The van der Waals surface area contributed by atoms with E-state index in [1.807, 2.05) is 12.1 Å². The van der Waals surface area contributed by atoms with Gasteiger partial charge in [-0.15, -0.1) is 0 Å². The summed E-state index contributed by atoms with van der Waals surface area (Å²) in [5.74, 6) is 3.52. The summed E-state index contributed by atoms with van der Waals surface area (Å²) in [7, 11) is 1.67. The number of fused-ring (bicyclic) bond motifs is 1. The van der Waals surface area contributed by atoms with Gasteiger partial charge in [0, 0.05) is 26.2 Å². The number of nitrogens with zero attached hydrogens (tertiary/aromatic N) is 2. The van der Waals surface area contributed by atoms with Crippen molar-refractivity contribution in [3.05, 3.63) is 18.3 Å². The minimum Gasteiger partial charge on any atom is -0.495 e. The molecule has 2 atom stereocenters. The van der Waals surface area contributed by atoms with Gasteiger partial charge in [-0.3, -0.25) is 0 Å². The molecule has 4 nitrogen and oxygen atoms in total. The van der Waals surface area contributed by atoms with Crippen molar-refractivity contribution in [1.29, 1.82) is 0 Å². The van der Waals surface area contributed by atoms with E-state index in [0.717, 1.165) is 49.6 Å². The lowest BCUT2D eigenvalue weighted by molar-refractivity contribution is 0.413. The number of hydrogen-bond donors (Lipinski definition) is 1. The van der Waals surface area contributed by atoms with E-state index in [4.69, 9.17) is 4.74 Å². The SMILES string of the molecule is COc1ccc(N2C[C@H]3CNC[C@H]3C2)nc1. The molecule has 86 valence electrons. The molecule has 1 aromatic heterocycles. The van der Waals surface area contributed by atoms with Crippen molar-refractivity contribution in [3.63, 3.8) is 0 Å². The summed E-state index contributed by atoms with van der Waals surface area (Å²) in [5, 5.41) is 3.45. The molecule has 2 saturated heterocycles. The molecule has 1 N–H and O–H groups in total. The van der Waals surface area contributed by atoms with Crippen LogP contribution < -0.4 is 15.0 Å². The Kier molecular flexibility index (Phi) is 2.44. The predicted molar refractivity (Wildman–Crippen MR) is 62.9 cm³/mol. The second-order valence-electron chi connectivity index (χ2n) is 4.64. The fraction of sp³-hybridized carbons (Fsp3) is 0.583. The molecule has 4 heteroatoms. The Labute approximate surface area is 95.6 Å². The number of rotatable bonds is 2. The summed E-state index contributed by atoms with van der Waals surface area (Å²) in [4.78, 5) is 6.82. The summed E-state index contributed by atoms with van der Waals surface area (Å²) in [6.07, 6.45) is 1.79. The lowest BCUT2D eigenvalue weighted by atomic mass is 10.0. The summed E-state index contributed by atoms with van der Waals surface area (Å²) < 4.78 is 5.12. The first kappa shape index (κ1) is 9.90. The third kappa shape index (κ3) is 1.63. The van der Waals surface area contributed by atoms with Crippen LogP contribution in [-0.4, -0.2) is 38.3 Å². The van der Waals surface area contributed by atoms with Gasteiger partial charge < -0.3 is 15.0 Å². The van der Waals surface area contributed by atoms with E-state index in [1.165, 1.54) is 0 Å². The Morgan fingerprint density at radius 2 is 2.06 bits per heavy atom. The van der Waals surface area contributed by atoms with Gasteiger partial charge in [0.05, 0.1) is 13.3 Å². The Hall–Kier alpha value is -1.29. The van der Waals surface area contributed by atoms with Gasteiger partial charge in [-0.05, 0) is 24.0 Å². The summed E-state index contributed by atoms with van der Waals surface area (Å²) in [6.45, 7) is 4.60. The molecule has 2 aliphatic rings. The van der Waals surface area contributed by atoms with Crippen molar-refractivity contribution in [3.8, 4) is 5.75 Å². The van der Waals surface area contributed by atoms with Crippen LogP contribution in [0, 0.1) is 11.8 Å². The van der Waals surface area contributed by atoms with Gasteiger partial charge in [0.25, 0.3) is 0 Å². The zero-order valence-electron chi connectivity index (χ0n) is 9.52. The molecule has 0 aliphatic carbocycles. The highest BCUT2D eigenvalue weighted by Crippen LogP contribution is 2.29. The fourth-order valence-corrected chi connectivity index (χ4v) is 2.72. The van der Waals surface area contributed by atoms with E-state index in [1.54, 1.807) is 13.3 Å². The van der Waals surface area contributed by atoms with Gasteiger partial charge in [0.15, 0.2) is 0 Å². The molecular formula is C12H17N3O. The third-order valence-corrected chi connectivity index (χ3v) is 3.67. The molecule has 1 aromatic rings. The van der Waals surface area contributed by atoms with E-state index in [-0.39, 0.29) is 0 Å². The van der Waals surface area contributed by atoms with Gasteiger partial charge in [0.1, 0.15) is 11.6 Å². The zero-order valence-corrected chi connectivity index (χ0v) is 9.52. The Morgan fingerprint density at radius 1 is 1.31 bits per heavy atom. The maximum Gasteiger partial charge on any atom is 0.137 e. The molecule has 3 rings (SSSR count). The van der Waals surface area contributed by atoms with E-state index >= 15 is 0 Å². The number of methoxy groups -OCH3 is 1. The molecule has 0 bridgehead atoms. The number of ether oxygens (including phenoxy) is 1. The van der Waals surface area contributed by atoms with Gasteiger partial charge in [-0.2, -0.15) is 0 Å². The fourth-order valence-electron chi connectivity index (χ4n) is 2.72. The smallest absolute Gasteiger partial charge is 0.137 e. The Bertz CT molecular complexity index is 353. The average Bonchev–Trinajstić information content (AvgIpc) is 2.89. The van der Waals surface area contributed by atoms with Crippen LogP contribution in [0.4, 0.5) is 5.82 Å². The van der Waals surface area contributed by atoms with Gasteiger partial charge in [0.2, 0.25) is 0 Å². The normalized spacial score (nSPS) is 28.2. The van der Waals surface area contributed by atoms with E-state index in [9.17, 15) is 0 Å². The highest BCUT2D eigenvalue weighted by molar-refractivity contribution is 5.42. The molecule has 0 radical (unpaired) electrons. The molecule has 0 aromatic carbocycles. The molecule has 2 fully saturated rings. The summed E-state index contributed by atoms with van der Waals surface area (Å²) >= 11 is 0. The molecule has 0 unspecified atom stereocenters. The Morgan fingerprint density at radius 3 is 2.62 bits per heavy atom. The van der Waals surface area contributed by atoms with Crippen molar-refractivity contribution in [2.75, 3.05) is 38.2 Å². The van der Waals surface area contributed by atoms with Crippen LogP contribution in [0.25, 0.3) is 0 Å². The minimum atomic E-state index is 0.809. The zero-order chi connectivity index (χ0) is 11.0. The third-order valence-electron chi connectivity index (χ3n) is 3.67. The minimum absolute atomic E-state index is 0.809. The molecule has 0 saturated carbocycles. The van der Waals surface area contributed by atoms with Crippen LogP contribution in [0.1, 0.15) is 0 Å². The standard InChI is InChI=1S/C12H17N3O/c1-16-11-2-3-12(14-6-11)15-7-9-4-13-5-10(9)8-15/h2-3,6,9-10,13H,4-5,7-8H2,1H3/t9-,10+. The first-order valence-corrected chi connectivity index (χ1v) is 5.82. The average molecular weight is 219 g/mol. The lowest BCUT2D eigenvalue weighted by Crippen LogP contribution is -2.26. The largest absolute Gasteiger partial charge is 0.495 e. The van der Waals surface area contributed by atoms with Crippen LogP contribution in [0.15, 0.2) is 18.3 Å². The predicted octanol–water partition coefficient (Wildman–Crippen LogP) is 0.746. The quantitative estimate of drug-likeness (QED) is 0.796. The van der Waals surface area contributed by atoms with E-state index < -0.39 is 0 Å². The summed E-state index contributed by atoms with van der Waals surface area (Å²) in [6, 6.07) is 4.03. The van der Waals surface area contributed by atoms with Crippen molar-refractivity contribution in [1.82, 2.24) is 10.3 Å². The van der Waals surface area contributed by atoms with Crippen LogP contribution in [0.5, 0.6) is 5.75 Å². The van der Waals surface area contributed by atoms with Crippen LogP contribution in [0.2, 0.25) is 0 Å². The highest BCUT2D eigenvalue weighted by Gasteiger charge is 2.36. The topological polar surface area (TPSA) is 37.4 Å². The van der Waals surface area contributed by atoms with Gasteiger partial charge in [-0.1, -0.05) is 0 Å². The van der Waals surface area contributed by atoms with E-state index in [0.29, 0.717) is 0 Å². The molecule has 16 heavy (non-hydrogen) atoms. The van der Waals surface area contributed by atoms with Crippen molar-refractivity contribution < 1.29 is 4.74 Å². The number of nitrogens with one attached hydrogen (secondary N) is 1. The summed E-state index contributed by atoms with van der Waals surface area (Å²) in [5.41, 5.74) is 0. The van der Waals surface area contributed by atoms with Crippen LogP contribution in [0.3, 0.4) is 0 Å². The van der Waals surface area contributed by atoms with E-state index in [2.05, 4.69) is 15.2 Å². The molecule has 2 aliphatic heterocycles. The number of anilines is 1. The number of hydrogen-bond acceptors (Lipinski definition) is 4. The second kappa shape index (κ2) is 3.94. The maximum absolute atomic E-state index is 5.12. The molecule has 3 heterocycles. The Balaban J connectivity index is 1.73. The number of pyridine rings is 1.